The van der Waals surface area contributed by atoms with E-state index >= 15 is 0 Å². The molecule has 0 radical (unpaired) electrons. The molecular weight excluding hydrogens is 345 g/mol. The average Bonchev–Trinajstić information content (AvgIpc) is 2.93. The van der Waals surface area contributed by atoms with Gasteiger partial charge in [0.05, 0.1) is 0 Å². The Kier molecular flexibility index (Phi) is 3.83. The molecule has 0 amide bonds. The first kappa shape index (κ1) is 16.4. The molecule has 2 aromatic heterocycles. The van der Waals surface area contributed by atoms with E-state index in [4.69, 9.17) is 4.42 Å². The predicted octanol–water partition coefficient (Wildman–Crippen LogP) is 3.02. The van der Waals surface area contributed by atoms with E-state index in [1.54, 1.807) is 18.2 Å². The second-order valence-corrected chi connectivity index (χ2v) is 5.91. The summed E-state index contributed by atoms with van der Waals surface area (Å²) in [4.78, 5) is 25.4. The minimum absolute atomic E-state index is 0.111. The van der Waals surface area contributed by atoms with Crippen molar-refractivity contribution in [3.63, 3.8) is 0 Å². The highest BCUT2D eigenvalue weighted by molar-refractivity contribution is 7.98. The number of hydrogen-bond acceptors (Lipinski definition) is 4. The van der Waals surface area contributed by atoms with Gasteiger partial charge in [0.2, 0.25) is 0 Å². The molecule has 0 bridgehead atoms. The van der Waals surface area contributed by atoms with E-state index in [2.05, 4.69) is 0 Å². The first-order valence-corrected chi connectivity index (χ1v) is 7.92. The Morgan fingerprint density at radius 2 is 1.88 bits per heavy atom. The van der Waals surface area contributed by atoms with Gasteiger partial charge in [-0.05, 0) is 24.5 Å². The molecule has 3 aromatic rings. The summed E-state index contributed by atoms with van der Waals surface area (Å²) in [5.41, 5.74) is -2.92. The maximum Gasteiger partial charge on any atom is 0.431 e. The third-order valence-electron chi connectivity index (χ3n) is 3.61. The number of thioether (sulfide) groups is 1. The minimum atomic E-state index is -4.79. The summed E-state index contributed by atoms with van der Waals surface area (Å²) < 4.78 is 45.1. The van der Waals surface area contributed by atoms with E-state index in [1.807, 2.05) is 6.26 Å². The Bertz CT molecular complexity index is 1050. The van der Waals surface area contributed by atoms with Crippen LogP contribution in [0.1, 0.15) is 5.69 Å². The molecule has 0 aliphatic carbocycles. The van der Waals surface area contributed by atoms with Gasteiger partial charge in [-0.3, -0.25) is 9.36 Å². The lowest BCUT2D eigenvalue weighted by Gasteiger charge is -2.13. The number of rotatable bonds is 2. The van der Waals surface area contributed by atoms with E-state index < -0.39 is 23.1 Å². The number of nitrogens with zero attached hydrogens (tertiary/aromatic N) is 2. The van der Waals surface area contributed by atoms with Crippen molar-refractivity contribution in [3.05, 3.63) is 57.1 Å². The standard InChI is InChI=1S/C15H11F3N2O3S/c1-19-12(15(16,17)18)6-13(21)20(14(19)22)10-7-23-11-4-3-8(24-2)5-9(10)11/h3-7H,1-2H3. The molecule has 9 heteroatoms. The van der Waals surface area contributed by atoms with Crippen LogP contribution in [-0.4, -0.2) is 15.4 Å². The number of alkyl halides is 3. The van der Waals surface area contributed by atoms with Crippen LogP contribution < -0.4 is 11.2 Å². The molecule has 0 spiro atoms. The van der Waals surface area contributed by atoms with E-state index in [0.717, 1.165) is 11.9 Å². The normalized spacial score (nSPS) is 12.0. The molecule has 2 heterocycles. The quantitative estimate of drug-likeness (QED) is 0.663. The zero-order valence-corrected chi connectivity index (χ0v) is 13.4. The first-order chi connectivity index (χ1) is 11.2. The molecule has 0 saturated heterocycles. The molecule has 0 N–H and O–H groups in total. The van der Waals surface area contributed by atoms with Gasteiger partial charge >= 0.3 is 11.9 Å². The number of aromatic nitrogens is 2. The monoisotopic (exact) mass is 356 g/mol. The smallest absolute Gasteiger partial charge is 0.431 e. The molecule has 24 heavy (non-hydrogen) atoms. The van der Waals surface area contributed by atoms with Crippen LogP contribution in [-0.2, 0) is 13.2 Å². The molecule has 0 unspecified atom stereocenters. The Labute approximate surface area is 137 Å². The highest BCUT2D eigenvalue weighted by atomic mass is 32.2. The summed E-state index contributed by atoms with van der Waals surface area (Å²) in [7, 11) is 0.969. The Morgan fingerprint density at radius 3 is 2.50 bits per heavy atom. The van der Waals surface area contributed by atoms with Crippen molar-refractivity contribution in [2.75, 3.05) is 6.26 Å². The summed E-state index contributed by atoms with van der Waals surface area (Å²) >= 11 is 1.45. The van der Waals surface area contributed by atoms with Gasteiger partial charge in [-0.1, -0.05) is 0 Å². The Morgan fingerprint density at radius 1 is 1.17 bits per heavy atom. The van der Waals surface area contributed by atoms with Gasteiger partial charge in [-0.25, -0.2) is 9.36 Å². The summed E-state index contributed by atoms with van der Waals surface area (Å²) in [6.45, 7) is 0. The van der Waals surface area contributed by atoms with Gasteiger partial charge in [-0.2, -0.15) is 13.2 Å². The lowest BCUT2D eigenvalue weighted by Crippen LogP contribution is -2.40. The fourth-order valence-corrected chi connectivity index (χ4v) is 2.85. The van der Waals surface area contributed by atoms with Gasteiger partial charge in [0.1, 0.15) is 23.2 Å². The van der Waals surface area contributed by atoms with Crippen LogP contribution in [0.25, 0.3) is 16.7 Å². The lowest BCUT2D eigenvalue weighted by molar-refractivity contribution is -0.144. The third-order valence-corrected chi connectivity index (χ3v) is 4.34. The highest BCUT2D eigenvalue weighted by Crippen LogP contribution is 2.29. The van der Waals surface area contributed by atoms with Crippen LogP contribution in [0.3, 0.4) is 0 Å². The van der Waals surface area contributed by atoms with Crippen LogP contribution in [0.15, 0.2) is 49.4 Å². The summed E-state index contributed by atoms with van der Waals surface area (Å²) in [5, 5.41) is 0.473. The predicted molar refractivity (Wildman–Crippen MR) is 83.8 cm³/mol. The van der Waals surface area contributed by atoms with Gasteiger partial charge in [-0.15, -0.1) is 11.8 Å². The SMILES string of the molecule is CSc1ccc2occ(-n3c(=O)cc(C(F)(F)F)n(C)c3=O)c2c1. The molecular formula is C15H11F3N2O3S. The van der Waals surface area contributed by atoms with Gasteiger partial charge in [0, 0.05) is 23.4 Å². The van der Waals surface area contributed by atoms with Crippen LogP contribution >= 0.6 is 11.8 Å². The van der Waals surface area contributed by atoms with Crippen molar-refractivity contribution in [1.82, 2.24) is 9.13 Å². The Hall–Kier alpha value is -2.42. The van der Waals surface area contributed by atoms with Crippen molar-refractivity contribution >= 4 is 22.7 Å². The number of furan rings is 1. The minimum Gasteiger partial charge on any atom is -0.462 e. The van der Waals surface area contributed by atoms with E-state index in [-0.39, 0.29) is 5.69 Å². The van der Waals surface area contributed by atoms with Crippen molar-refractivity contribution in [1.29, 1.82) is 0 Å². The highest BCUT2D eigenvalue weighted by Gasteiger charge is 2.35. The summed E-state index contributed by atoms with van der Waals surface area (Å²) in [6.07, 6.45) is -1.76. The van der Waals surface area contributed by atoms with Gasteiger partial charge in [0.15, 0.2) is 0 Å². The molecule has 1 aromatic carbocycles. The van der Waals surface area contributed by atoms with Crippen LogP contribution in [0.5, 0.6) is 0 Å². The lowest BCUT2D eigenvalue weighted by atomic mass is 10.2. The molecule has 0 saturated carbocycles. The molecule has 3 rings (SSSR count). The number of hydrogen-bond donors (Lipinski definition) is 0. The molecule has 0 aliphatic heterocycles. The van der Waals surface area contributed by atoms with Crippen molar-refractivity contribution in [3.8, 4) is 5.69 Å². The second-order valence-electron chi connectivity index (χ2n) is 5.03. The van der Waals surface area contributed by atoms with Gasteiger partial charge < -0.3 is 4.42 Å². The molecule has 0 fully saturated rings. The van der Waals surface area contributed by atoms with Crippen LogP contribution in [0.2, 0.25) is 0 Å². The first-order valence-electron chi connectivity index (χ1n) is 6.70. The zero-order chi connectivity index (χ0) is 17.6. The average molecular weight is 356 g/mol. The van der Waals surface area contributed by atoms with Crippen molar-refractivity contribution in [2.24, 2.45) is 7.05 Å². The topological polar surface area (TPSA) is 57.1 Å². The number of benzene rings is 1. The van der Waals surface area contributed by atoms with E-state index in [9.17, 15) is 22.8 Å². The van der Waals surface area contributed by atoms with E-state index in [1.165, 1.54) is 18.0 Å². The molecule has 0 aliphatic rings. The zero-order valence-electron chi connectivity index (χ0n) is 12.5. The molecule has 126 valence electrons. The summed E-state index contributed by atoms with van der Waals surface area (Å²) in [6, 6.07) is 5.58. The fourth-order valence-electron chi connectivity index (χ4n) is 2.41. The summed E-state index contributed by atoms with van der Waals surface area (Å²) in [5.74, 6) is 0. The Balaban J connectivity index is 2.34. The molecule has 5 nitrogen and oxygen atoms in total. The second kappa shape index (κ2) is 5.59. The van der Waals surface area contributed by atoms with Crippen LogP contribution in [0.4, 0.5) is 13.2 Å². The number of halogens is 3. The maximum atomic E-state index is 12.9. The van der Waals surface area contributed by atoms with E-state index in [0.29, 0.717) is 26.2 Å². The largest absolute Gasteiger partial charge is 0.462 e. The van der Waals surface area contributed by atoms with Crippen molar-refractivity contribution in [2.45, 2.75) is 11.1 Å². The van der Waals surface area contributed by atoms with Crippen molar-refractivity contribution < 1.29 is 17.6 Å². The van der Waals surface area contributed by atoms with Gasteiger partial charge in [0.25, 0.3) is 5.56 Å². The number of fused-ring (bicyclic) bond motifs is 1. The third kappa shape index (κ3) is 2.54. The van der Waals surface area contributed by atoms with Crippen LogP contribution in [0, 0.1) is 0 Å². The molecule has 0 atom stereocenters. The fraction of sp³-hybridized carbons (Fsp3) is 0.200. The maximum absolute atomic E-state index is 12.9.